The second-order valence-corrected chi connectivity index (χ2v) is 8.04. The first kappa shape index (κ1) is 18.7. The minimum atomic E-state index is -3.66. The summed E-state index contributed by atoms with van der Waals surface area (Å²) in [5.74, 6) is 0. The van der Waals surface area contributed by atoms with Crippen LogP contribution in [0.15, 0.2) is 89.8 Å². The molecule has 3 aromatic carbocycles. The maximum Gasteiger partial charge on any atom is 0.264 e. The quantitative estimate of drug-likeness (QED) is 0.284. The van der Waals surface area contributed by atoms with Crippen molar-refractivity contribution in [2.75, 3.05) is 11.4 Å². The third kappa shape index (κ3) is 4.54. The van der Waals surface area contributed by atoms with Gasteiger partial charge in [0.2, 0.25) is 0 Å². The molecule has 0 unspecified atom stereocenters. The Morgan fingerprint density at radius 1 is 0.889 bits per heavy atom. The molecule has 0 bridgehead atoms. The molecule has 0 N–H and O–H groups in total. The Bertz CT molecular complexity index is 1020. The Balaban J connectivity index is 1.77. The van der Waals surface area contributed by atoms with Crippen LogP contribution in [0, 0.1) is 5.21 Å². The molecule has 5 nitrogen and oxygen atoms in total. The average molecular weight is 380 g/mol. The summed E-state index contributed by atoms with van der Waals surface area (Å²) >= 11 is 0. The van der Waals surface area contributed by atoms with Gasteiger partial charge in [0.1, 0.15) is 0 Å². The molecule has 138 valence electrons. The average Bonchev–Trinajstić information content (AvgIpc) is 2.69. The van der Waals surface area contributed by atoms with Crippen LogP contribution in [-0.2, 0) is 16.6 Å². The van der Waals surface area contributed by atoms with Gasteiger partial charge in [0.15, 0.2) is 12.8 Å². The van der Waals surface area contributed by atoms with Gasteiger partial charge < -0.3 is 5.21 Å². The van der Waals surface area contributed by atoms with Gasteiger partial charge in [-0.25, -0.2) is 13.2 Å². The molecule has 0 aromatic heterocycles. The summed E-state index contributed by atoms with van der Waals surface area (Å²) in [5, 5.41) is 12.1. The molecule has 0 spiro atoms. The monoisotopic (exact) mass is 380 g/mol. The van der Waals surface area contributed by atoms with Crippen molar-refractivity contribution in [3.63, 3.8) is 0 Å². The molecule has 0 aliphatic rings. The molecule has 0 atom stereocenters. The number of benzene rings is 3. The summed E-state index contributed by atoms with van der Waals surface area (Å²) in [6.07, 6.45) is 1.45. The second kappa shape index (κ2) is 8.05. The molecular weight excluding hydrogens is 360 g/mol. The maximum absolute atomic E-state index is 12.8. The van der Waals surface area contributed by atoms with E-state index >= 15 is 0 Å². The molecule has 3 aromatic rings. The minimum Gasteiger partial charge on any atom is -0.624 e. The van der Waals surface area contributed by atoms with E-state index in [4.69, 9.17) is 0 Å². The van der Waals surface area contributed by atoms with Crippen LogP contribution in [0.1, 0.15) is 11.1 Å². The molecular formula is C21H20N2O3S. The predicted molar refractivity (Wildman–Crippen MR) is 107 cm³/mol. The van der Waals surface area contributed by atoms with E-state index in [1.54, 1.807) is 36.4 Å². The molecule has 3 rings (SSSR count). The van der Waals surface area contributed by atoms with E-state index in [2.05, 4.69) is 0 Å². The number of hydrogen-bond donors (Lipinski definition) is 0. The first-order valence-electron chi connectivity index (χ1n) is 8.43. The second-order valence-electron chi connectivity index (χ2n) is 6.07. The highest BCUT2D eigenvalue weighted by Crippen LogP contribution is 2.21. The summed E-state index contributed by atoms with van der Waals surface area (Å²) in [5.41, 5.74) is 2.14. The number of anilines is 1. The largest absolute Gasteiger partial charge is 0.624 e. The summed E-state index contributed by atoms with van der Waals surface area (Å²) in [4.78, 5) is 0.173. The zero-order valence-electron chi connectivity index (χ0n) is 14.9. The number of para-hydroxylation sites is 1. The van der Waals surface area contributed by atoms with Crippen LogP contribution in [-0.4, -0.2) is 26.4 Å². The van der Waals surface area contributed by atoms with Crippen molar-refractivity contribution in [1.82, 2.24) is 0 Å². The molecule has 0 saturated heterocycles. The first-order chi connectivity index (χ1) is 13.0. The fourth-order valence-corrected chi connectivity index (χ4v) is 3.83. The van der Waals surface area contributed by atoms with Gasteiger partial charge in [0, 0.05) is 18.2 Å². The van der Waals surface area contributed by atoms with E-state index in [1.165, 1.54) is 29.7 Å². The Morgan fingerprint density at radius 2 is 1.44 bits per heavy atom. The third-order valence-corrected chi connectivity index (χ3v) is 5.93. The highest BCUT2D eigenvalue weighted by atomic mass is 32.2. The predicted octanol–water partition coefficient (Wildman–Crippen LogP) is 3.64. The molecule has 0 aliphatic heterocycles. The van der Waals surface area contributed by atoms with Gasteiger partial charge in [-0.15, -0.1) is 0 Å². The maximum atomic E-state index is 12.8. The summed E-state index contributed by atoms with van der Waals surface area (Å²) in [7, 11) is -2.14. The van der Waals surface area contributed by atoms with Crippen LogP contribution < -0.4 is 4.31 Å². The molecule has 0 saturated carbocycles. The van der Waals surface area contributed by atoms with Crippen LogP contribution in [0.25, 0.3) is 0 Å². The topological polar surface area (TPSA) is 63.5 Å². The fourth-order valence-electron chi connectivity index (χ4n) is 2.64. The number of sulfonamides is 1. The van der Waals surface area contributed by atoms with Crippen LogP contribution in [0.3, 0.4) is 0 Å². The van der Waals surface area contributed by atoms with Crippen LogP contribution >= 0.6 is 0 Å². The van der Waals surface area contributed by atoms with Crippen molar-refractivity contribution in [3.05, 3.63) is 101 Å². The number of nitrogens with zero attached hydrogens (tertiary/aromatic N) is 2. The lowest BCUT2D eigenvalue weighted by Gasteiger charge is -2.19. The number of hydrogen-bond acceptors (Lipinski definition) is 3. The van der Waals surface area contributed by atoms with E-state index < -0.39 is 10.0 Å². The van der Waals surface area contributed by atoms with E-state index in [0.717, 1.165) is 10.3 Å². The van der Waals surface area contributed by atoms with Crippen LogP contribution in [0.4, 0.5) is 5.69 Å². The van der Waals surface area contributed by atoms with E-state index in [9.17, 15) is 13.6 Å². The van der Waals surface area contributed by atoms with Crippen molar-refractivity contribution in [3.8, 4) is 0 Å². The Labute approximate surface area is 159 Å². The van der Waals surface area contributed by atoms with Gasteiger partial charge in [-0.2, -0.15) is 0 Å². The zero-order chi connectivity index (χ0) is 19.3. The normalized spacial score (nSPS) is 12.0. The summed E-state index contributed by atoms with van der Waals surface area (Å²) < 4.78 is 27.6. The molecule has 0 heterocycles. The molecule has 6 heteroatoms. The molecule has 27 heavy (non-hydrogen) atoms. The van der Waals surface area contributed by atoms with Crippen LogP contribution in [0.5, 0.6) is 0 Å². The van der Waals surface area contributed by atoms with E-state index in [-0.39, 0.29) is 11.4 Å². The zero-order valence-corrected chi connectivity index (χ0v) is 15.7. The first-order valence-corrected chi connectivity index (χ1v) is 9.87. The lowest BCUT2D eigenvalue weighted by Crippen LogP contribution is -2.26. The lowest BCUT2D eigenvalue weighted by molar-refractivity contribution is -0.469. The van der Waals surface area contributed by atoms with Gasteiger partial charge >= 0.3 is 0 Å². The standard InChI is InChI=1S/C21H20N2O3S/c1-22(20-10-6-3-7-11-20)27(25,26)21-14-12-19(13-15-21)17-23(24)16-18-8-4-2-5-9-18/h2-15,17H,16H2,1H3. The van der Waals surface area contributed by atoms with Gasteiger partial charge in [-0.3, -0.25) is 4.31 Å². The molecule has 0 aliphatic carbocycles. The Kier molecular flexibility index (Phi) is 5.57. The lowest BCUT2D eigenvalue weighted by atomic mass is 10.2. The SMILES string of the molecule is CN(c1ccccc1)S(=O)(=O)c1ccc(C=[N+]([O-])Cc2ccccc2)cc1. The minimum absolute atomic E-state index is 0.173. The van der Waals surface area contributed by atoms with Crippen molar-refractivity contribution in [2.45, 2.75) is 11.4 Å². The number of rotatable bonds is 6. The smallest absolute Gasteiger partial charge is 0.264 e. The Hall–Kier alpha value is -3.12. The highest BCUT2D eigenvalue weighted by Gasteiger charge is 2.20. The van der Waals surface area contributed by atoms with E-state index in [0.29, 0.717) is 11.3 Å². The van der Waals surface area contributed by atoms with Crippen molar-refractivity contribution in [2.24, 2.45) is 0 Å². The molecule has 0 radical (unpaired) electrons. The Morgan fingerprint density at radius 3 is 2.04 bits per heavy atom. The van der Waals surface area contributed by atoms with Gasteiger partial charge in [0.05, 0.1) is 10.6 Å². The number of hydroxylamine groups is 1. The molecule has 0 fully saturated rings. The van der Waals surface area contributed by atoms with Crippen LogP contribution in [0.2, 0.25) is 0 Å². The molecule has 0 amide bonds. The van der Waals surface area contributed by atoms with Crippen molar-refractivity contribution in [1.29, 1.82) is 0 Å². The van der Waals surface area contributed by atoms with Gasteiger partial charge in [-0.05, 0) is 36.4 Å². The fraction of sp³-hybridized carbons (Fsp3) is 0.0952. The van der Waals surface area contributed by atoms with Crippen molar-refractivity contribution >= 4 is 21.9 Å². The van der Waals surface area contributed by atoms with Gasteiger partial charge in [0.25, 0.3) is 10.0 Å². The van der Waals surface area contributed by atoms with Gasteiger partial charge in [-0.1, -0.05) is 48.5 Å². The van der Waals surface area contributed by atoms with Crippen molar-refractivity contribution < 1.29 is 13.2 Å². The summed E-state index contributed by atoms with van der Waals surface area (Å²) in [6, 6.07) is 24.6. The summed E-state index contributed by atoms with van der Waals surface area (Å²) in [6.45, 7) is 0.234. The van der Waals surface area contributed by atoms with E-state index in [1.807, 2.05) is 36.4 Å². The third-order valence-electron chi connectivity index (χ3n) is 4.13. The highest BCUT2D eigenvalue weighted by molar-refractivity contribution is 7.92.